The van der Waals surface area contributed by atoms with Crippen LogP contribution in [0, 0.1) is 0 Å². The number of piperidine rings is 1. The van der Waals surface area contributed by atoms with Gasteiger partial charge in [-0.3, -0.25) is 9.59 Å². The molecule has 1 aliphatic rings. The number of carbonyl (C=O) groups excluding carboxylic acids is 2. The van der Waals surface area contributed by atoms with Crippen LogP contribution in [0.5, 0.6) is 11.5 Å². The van der Waals surface area contributed by atoms with Gasteiger partial charge >= 0.3 is 6.18 Å². The summed E-state index contributed by atoms with van der Waals surface area (Å²) in [5.41, 5.74) is -0.403. The van der Waals surface area contributed by atoms with Crippen molar-refractivity contribution in [3.8, 4) is 11.5 Å². The standard InChI is InChI=1S/C25H30F3N3O6S/c1-16(32)29-22(14-17-13-20(36-2)7-8-23(17)37-3)24(33)30-19-9-11-31(12-10-19)38(34,35)21-6-4-5-18(15-21)25(26,27)28/h4-8,13,15,19,22H,9-12,14H2,1-3H3,(H,29,32)(H,30,33)/t22-/m1/s1. The van der Waals surface area contributed by atoms with Crippen LogP contribution in [0.15, 0.2) is 47.4 Å². The Balaban J connectivity index is 1.67. The maximum atomic E-state index is 13.1. The van der Waals surface area contributed by atoms with E-state index in [-0.39, 0.29) is 38.4 Å². The minimum absolute atomic E-state index is 0.0119. The Morgan fingerprint density at radius 3 is 2.34 bits per heavy atom. The molecule has 0 radical (unpaired) electrons. The van der Waals surface area contributed by atoms with Gasteiger partial charge in [0.1, 0.15) is 17.5 Å². The van der Waals surface area contributed by atoms with E-state index in [1.165, 1.54) is 21.1 Å². The Labute approximate surface area is 219 Å². The molecule has 1 fully saturated rings. The number of alkyl halides is 3. The molecule has 2 amide bonds. The number of carbonyl (C=O) groups is 2. The van der Waals surface area contributed by atoms with Gasteiger partial charge in [-0.15, -0.1) is 0 Å². The summed E-state index contributed by atoms with van der Waals surface area (Å²) in [6.45, 7) is 1.32. The largest absolute Gasteiger partial charge is 0.497 e. The average molecular weight is 558 g/mol. The van der Waals surface area contributed by atoms with Gasteiger partial charge in [-0.05, 0) is 49.2 Å². The predicted octanol–water partition coefficient (Wildman–Crippen LogP) is 2.74. The summed E-state index contributed by atoms with van der Waals surface area (Å²) in [6.07, 6.45) is -4.05. The molecular weight excluding hydrogens is 527 g/mol. The fourth-order valence-electron chi connectivity index (χ4n) is 4.24. The second kappa shape index (κ2) is 12.0. The van der Waals surface area contributed by atoms with E-state index in [1.807, 2.05) is 0 Å². The summed E-state index contributed by atoms with van der Waals surface area (Å²) in [5.74, 6) is 0.206. The van der Waals surface area contributed by atoms with Crippen molar-refractivity contribution in [2.24, 2.45) is 0 Å². The lowest BCUT2D eigenvalue weighted by atomic mass is 10.0. The maximum Gasteiger partial charge on any atom is 0.416 e. The number of hydrogen-bond donors (Lipinski definition) is 2. The van der Waals surface area contributed by atoms with Crippen molar-refractivity contribution in [1.29, 1.82) is 0 Å². The molecule has 0 unspecified atom stereocenters. The van der Waals surface area contributed by atoms with Crippen molar-refractivity contribution in [2.45, 2.75) is 49.3 Å². The molecule has 0 aromatic heterocycles. The Hall–Kier alpha value is -3.32. The van der Waals surface area contributed by atoms with Gasteiger partial charge in [0.2, 0.25) is 21.8 Å². The Morgan fingerprint density at radius 1 is 1.08 bits per heavy atom. The molecule has 2 aromatic carbocycles. The number of benzene rings is 2. The smallest absolute Gasteiger partial charge is 0.416 e. The first kappa shape index (κ1) is 29.2. The van der Waals surface area contributed by atoms with E-state index in [0.717, 1.165) is 22.5 Å². The van der Waals surface area contributed by atoms with Crippen molar-refractivity contribution >= 4 is 21.8 Å². The number of hydrogen-bond acceptors (Lipinski definition) is 6. The molecule has 2 aromatic rings. The van der Waals surface area contributed by atoms with Gasteiger partial charge in [-0.25, -0.2) is 8.42 Å². The number of rotatable bonds is 9. The highest BCUT2D eigenvalue weighted by molar-refractivity contribution is 7.89. The number of halogens is 3. The van der Waals surface area contributed by atoms with Gasteiger partial charge in [0.05, 0.1) is 24.7 Å². The van der Waals surface area contributed by atoms with Crippen molar-refractivity contribution < 1.29 is 40.7 Å². The minimum atomic E-state index is -4.66. The van der Waals surface area contributed by atoms with Gasteiger partial charge in [0.25, 0.3) is 0 Å². The fourth-order valence-corrected chi connectivity index (χ4v) is 5.76. The molecule has 1 aliphatic heterocycles. The van der Waals surface area contributed by atoms with E-state index >= 15 is 0 Å². The molecule has 13 heteroatoms. The van der Waals surface area contributed by atoms with Gasteiger partial charge in [-0.1, -0.05) is 6.07 Å². The number of nitrogens with one attached hydrogen (secondary N) is 2. The van der Waals surface area contributed by atoms with Crippen LogP contribution < -0.4 is 20.1 Å². The molecule has 2 N–H and O–H groups in total. The summed E-state index contributed by atoms with van der Waals surface area (Å²) in [4.78, 5) is 24.5. The van der Waals surface area contributed by atoms with Crippen molar-refractivity contribution in [3.05, 3.63) is 53.6 Å². The monoisotopic (exact) mass is 557 g/mol. The van der Waals surface area contributed by atoms with Crippen LogP contribution in [-0.4, -0.2) is 63.9 Å². The Morgan fingerprint density at radius 2 is 1.76 bits per heavy atom. The van der Waals surface area contributed by atoms with E-state index < -0.39 is 44.5 Å². The molecule has 38 heavy (non-hydrogen) atoms. The third-order valence-corrected chi connectivity index (χ3v) is 8.10. The highest BCUT2D eigenvalue weighted by Crippen LogP contribution is 2.32. The van der Waals surface area contributed by atoms with E-state index in [4.69, 9.17) is 9.47 Å². The van der Waals surface area contributed by atoms with Gasteiger partial charge in [-0.2, -0.15) is 17.5 Å². The molecule has 0 aliphatic carbocycles. The lowest BCUT2D eigenvalue weighted by molar-refractivity contribution is -0.137. The molecule has 1 atom stereocenters. The number of sulfonamides is 1. The second-order valence-electron chi connectivity index (χ2n) is 8.85. The SMILES string of the molecule is COc1ccc(OC)c(C[C@@H](NC(C)=O)C(=O)NC2CCN(S(=O)(=O)c3cccc(C(F)(F)F)c3)CC2)c1. The van der Waals surface area contributed by atoms with E-state index in [1.54, 1.807) is 18.2 Å². The molecule has 0 spiro atoms. The molecule has 9 nitrogen and oxygen atoms in total. The topological polar surface area (TPSA) is 114 Å². The zero-order valence-electron chi connectivity index (χ0n) is 21.2. The number of ether oxygens (including phenoxy) is 2. The zero-order valence-corrected chi connectivity index (χ0v) is 22.0. The quantitative estimate of drug-likeness (QED) is 0.490. The summed E-state index contributed by atoms with van der Waals surface area (Å²) < 4.78 is 76.7. The third-order valence-electron chi connectivity index (χ3n) is 6.21. The normalized spacial score (nSPS) is 15.9. The minimum Gasteiger partial charge on any atom is -0.497 e. The van der Waals surface area contributed by atoms with E-state index in [2.05, 4.69) is 10.6 Å². The summed E-state index contributed by atoms with van der Waals surface area (Å²) in [5, 5.41) is 5.49. The summed E-state index contributed by atoms with van der Waals surface area (Å²) in [7, 11) is -1.16. The Bertz CT molecular complexity index is 1260. The lowest BCUT2D eigenvalue weighted by Gasteiger charge is -2.32. The van der Waals surface area contributed by atoms with Crippen LogP contribution in [-0.2, 0) is 32.2 Å². The van der Waals surface area contributed by atoms with Gasteiger partial charge in [0.15, 0.2) is 0 Å². The highest BCUT2D eigenvalue weighted by Gasteiger charge is 2.35. The first-order valence-corrected chi connectivity index (χ1v) is 13.2. The summed E-state index contributed by atoms with van der Waals surface area (Å²) in [6, 6.07) is 7.40. The lowest BCUT2D eigenvalue weighted by Crippen LogP contribution is -2.53. The molecule has 1 saturated heterocycles. The third kappa shape index (κ3) is 7.16. The van der Waals surface area contributed by atoms with E-state index in [9.17, 15) is 31.2 Å². The van der Waals surface area contributed by atoms with Crippen LogP contribution in [0.1, 0.15) is 30.9 Å². The van der Waals surface area contributed by atoms with Crippen molar-refractivity contribution in [1.82, 2.24) is 14.9 Å². The molecule has 3 rings (SSSR count). The Kier molecular flexibility index (Phi) is 9.26. The number of nitrogens with zero attached hydrogens (tertiary/aromatic N) is 1. The molecule has 208 valence electrons. The van der Waals surface area contributed by atoms with Crippen molar-refractivity contribution in [3.63, 3.8) is 0 Å². The van der Waals surface area contributed by atoms with Gasteiger partial charge in [0, 0.05) is 38.0 Å². The molecular formula is C25H30F3N3O6S. The molecule has 1 heterocycles. The van der Waals surface area contributed by atoms with Crippen LogP contribution in [0.25, 0.3) is 0 Å². The van der Waals surface area contributed by atoms with Crippen molar-refractivity contribution in [2.75, 3.05) is 27.3 Å². The first-order valence-electron chi connectivity index (χ1n) is 11.8. The first-order chi connectivity index (χ1) is 17.8. The fraction of sp³-hybridized carbons (Fsp3) is 0.440. The number of amides is 2. The highest BCUT2D eigenvalue weighted by atomic mass is 32.2. The maximum absolute atomic E-state index is 13.1. The van der Waals surface area contributed by atoms with E-state index in [0.29, 0.717) is 23.1 Å². The van der Waals surface area contributed by atoms with Crippen LogP contribution >= 0.6 is 0 Å². The summed E-state index contributed by atoms with van der Waals surface area (Å²) >= 11 is 0. The molecule has 0 bridgehead atoms. The average Bonchev–Trinajstić information content (AvgIpc) is 2.87. The predicted molar refractivity (Wildman–Crippen MR) is 132 cm³/mol. The number of methoxy groups -OCH3 is 2. The molecule has 0 saturated carbocycles. The van der Waals surface area contributed by atoms with Crippen LogP contribution in [0.3, 0.4) is 0 Å². The zero-order chi connectivity index (χ0) is 28.1. The second-order valence-corrected chi connectivity index (χ2v) is 10.8. The van der Waals surface area contributed by atoms with Crippen LogP contribution in [0.2, 0.25) is 0 Å². The van der Waals surface area contributed by atoms with Gasteiger partial charge < -0.3 is 20.1 Å². The van der Waals surface area contributed by atoms with Crippen LogP contribution in [0.4, 0.5) is 13.2 Å².